The van der Waals surface area contributed by atoms with Crippen molar-refractivity contribution in [3.05, 3.63) is 45.5 Å². The molecule has 0 aliphatic carbocycles. The maximum absolute atomic E-state index is 11.9. The average Bonchev–Trinajstić information content (AvgIpc) is 2.74. The van der Waals surface area contributed by atoms with Gasteiger partial charge in [-0.2, -0.15) is 5.26 Å². The van der Waals surface area contributed by atoms with Crippen molar-refractivity contribution in [2.24, 2.45) is 0 Å². The Balaban J connectivity index is 2.21. The van der Waals surface area contributed by atoms with Gasteiger partial charge < -0.3 is 5.32 Å². The Morgan fingerprint density at radius 2 is 2.20 bits per heavy atom. The van der Waals surface area contributed by atoms with Gasteiger partial charge in [0.2, 0.25) is 5.91 Å². The number of nitriles is 1. The van der Waals surface area contributed by atoms with Crippen LogP contribution in [0, 0.1) is 11.3 Å². The second-order valence-electron chi connectivity index (χ2n) is 4.26. The van der Waals surface area contributed by atoms with E-state index < -0.39 is 0 Å². The third-order valence-electron chi connectivity index (χ3n) is 2.84. The smallest absolute Gasteiger partial charge is 0.238 e. The minimum Gasteiger partial charge on any atom is -0.318 e. The number of ketones is 1. The third kappa shape index (κ3) is 3.03. The molecule has 0 radical (unpaired) electrons. The molecule has 20 heavy (non-hydrogen) atoms. The van der Waals surface area contributed by atoms with E-state index in [9.17, 15) is 9.59 Å². The van der Waals surface area contributed by atoms with Crippen molar-refractivity contribution in [3.63, 3.8) is 0 Å². The Morgan fingerprint density at radius 3 is 2.80 bits per heavy atom. The average molecular weight is 307 g/mol. The van der Waals surface area contributed by atoms with Crippen LogP contribution >= 0.6 is 23.4 Å². The van der Waals surface area contributed by atoms with E-state index in [-0.39, 0.29) is 22.5 Å². The van der Waals surface area contributed by atoms with Crippen molar-refractivity contribution in [1.82, 2.24) is 5.32 Å². The third-order valence-corrected chi connectivity index (χ3v) is 4.42. The van der Waals surface area contributed by atoms with Crippen molar-refractivity contribution >= 4 is 35.1 Å². The molecule has 0 bridgehead atoms. The van der Waals surface area contributed by atoms with Gasteiger partial charge in [0.15, 0.2) is 5.78 Å². The number of amides is 1. The van der Waals surface area contributed by atoms with Gasteiger partial charge in [-0.1, -0.05) is 41.6 Å². The monoisotopic (exact) mass is 306 g/mol. The topological polar surface area (TPSA) is 70.0 Å². The van der Waals surface area contributed by atoms with Crippen molar-refractivity contribution in [2.45, 2.75) is 18.6 Å². The Bertz CT molecular complexity index is 649. The first-order chi connectivity index (χ1) is 9.52. The highest BCUT2D eigenvalue weighted by molar-refractivity contribution is 8.04. The molecule has 1 aromatic carbocycles. The molecule has 1 amide bonds. The molecular formula is C14H11ClN2O2S. The number of benzene rings is 1. The molecule has 1 aromatic rings. The largest absolute Gasteiger partial charge is 0.318 e. The number of halogens is 1. The summed E-state index contributed by atoms with van der Waals surface area (Å²) in [7, 11) is 0. The number of thioether (sulfide) groups is 1. The van der Waals surface area contributed by atoms with E-state index in [1.165, 1.54) is 18.7 Å². The second-order valence-corrected chi connectivity index (χ2v) is 5.88. The fraction of sp³-hybridized carbons (Fsp3) is 0.214. The Morgan fingerprint density at radius 1 is 1.50 bits per heavy atom. The minimum absolute atomic E-state index is 0.00925. The molecule has 0 spiro atoms. The highest BCUT2D eigenvalue weighted by atomic mass is 35.5. The lowest BCUT2D eigenvalue weighted by atomic mass is 10.1. The number of rotatable bonds is 3. The standard InChI is InChI=1S/C14H11ClN2O2S/c1-8(18)10(7-16)14-17-13(19)12(20-14)6-9-4-2-3-5-11(9)15/h2-5,12H,6H2,1H3,(H,17,19)/b14-10+/t12-/m1/s1. The summed E-state index contributed by atoms with van der Waals surface area (Å²) in [6, 6.07) is 9.12. The molecule has 0 saturated carbocycles. The summed E-state index contributed by atoms with van der Waals surface area (Å²) < 4.78 is 0. The fourth-order valence-corrected chi connectivity index (χ4v) is 3.22. The molecule has 6 heteroatoms. The summed E-state index contributed by atoms with van der Waals surface area (Å²) in [5.41, 5.74) is 0.856. The number of carbonyl (C=O) groups excluding carboxylic acids is 2. The van der Waals surface area contributed by atoms with Crippen LogP contribution in [-0.4, -0.2) is 16.9 Å². The molecular weight excluding hydrogens is 296 g/mol. The summed E-state index contributed by atoms with van der Waals surface area (Å²) in [6.07, 6.45) is 0.455. The van der Waals surface area contributed by atoms with Crippen molar-refractivity contribution in [3.8, 4) is 6.07 Å². The van der Waals surface area contributed by atoms with E-state index in [2.05, 4.69) is 5.32 Å². The van der Waals surface area contributed by atoms with Gasteiger partial charge in [-0.25, -0.2) is 0 Å². The zero-order valence-corrected chi connectivity index (χ0v) is 12.2. The number of Topliss-reactive ketones (excluding diaryl/α,β-unsaturated/α-hetero) is 1. The summed E-state index contributed by atoms with van der Waals surface area (Å²) in [6.45, 7) is 1.31. The first-order valence-corrected chi connectivity index (χ1v) is 7.15. The van der Waals surface area contributed by atoms with Gasteiger partial charge in [0, 0.05) is 5.02 Å². The lowest BCUT2D eigenvalue weighted by Gasteiger charge is -2.07. The summed E-state index contributed by atoms with van der Waals surface area (Å²) in [4.78, 5) is 23.2. The van der Waals surface area contributed by atoms with Gasteiger partial charge in [0.25, 0.3) is 0 Å². The molecule has 1 N–H and O–H groups in total. The highest BCUT2D eigenvalue weighted by Crippen LogP contribution is 2.33. The number of carbonyl (C=O) groups is 2. The summed E-state index contributed by atoms with van der Waals surface area (Å²) >= 11 is 7.27. The zero-order chi connectivity index (χ0) is 14.7. The Hall–Kier alpha value is -1.77. The van der Waals surface area contributed by atoms with Crippen LogP contribution < -0.4 is 5.32 Å². The first-order valence-electron chi connectivity index (χ1n) is 5.89. The number of hydrogen-bond acceptors (Lipinski definition) is 4. The maximum Gasteiger partial charge on any atom is 0.238 e. The number of nitrogens with one attached hydrogen (secondary N) is 1. The molecule has 1 aliphatic heterocycles. The summed E-state index contributed by atoms with van der Waals surface area (Å²) in [5, 5.41) is 12.1. The SMILES string of the molecule is CC(=O)/C(C#N)=C1\NC(=O)[C@@H](Cc2ccccc2Cl)S1. The molecule has 1 saturated heterocycles. The van der Waals surface area contributed by atoms with E-state index in [0.717, 1.165) is 5.56 Å². The van der Waals surface area contributed by atoms with E-state index in [1.54, 1.807) is 6.07 Å². The zero-order valence-electron chi connectivity index (χ0n) is 10.6. The van der Waals surface area contributed by atoms with E-state index in [1.807, 2.05) is 24.3 Å². The Labute approximate surface area is 125 Å². The first kappa shape index (κ1) is 14.6. The number of nitrogens with zero attached hydrogens (tertiary/aromatic N) is 1. The van der Waals surface area contributed by atoms with Crippen LogP contribution in [0.2, 0.25) is 5.02 Å². The molecule has 102 valence electrons. The fourth-order valence-electron chi connectivity index (χ4n) is 1.83. The Kier molecular flexibility index (Phi) is 4.48. The van der Waals surface area contributed by atoms with Gasteiger partial charge in [0.1, 0.15) is 11.6 Å². The van der Waals surface area contributed by atoms with Crippen molar-refractivity contribution < 1.29 is 9.59 Å². The van der Waals surface area contributed by atoms with Crippen LogP contribution in [0.4, 0.5) is 0 Å². The molecule has 1 heterocycles. The predicted octanol–water partition coefficient (Wildman–Crippen LogP) is 2.44. The van der Waals surface area contributed by atoms with E-state index in [0.29, 0.717) is 16.5 Å². The molecule has 0 unspecified atom stereocenters. The lowest BCUT2D eigenvalue weighted by molar-refractivity contribution is -0.119. The summed E-state index contributed by atoms with van der Waals surface area (Å²) in [5.74, 6) is -0.562. The number of hydrogen-bond donors (Lipinski definition) is 1. The second kappa shape index (κ2) is 6.12. The van der Waals surface area contributed by atoms with Gasteiger partial charge in [-0.3, -0.25) is 9.59 Å². The van der Waals surface area contributed by atoms with Gasteiger partial charge in [-0.15, -0.1) is 0 Å². The van der Waals surface area contributed by atoms with Crippen LogP contribution in [-0.2, 0) is 16.0 Å². The number of allylic oxidation sites excluding steroid dienone is 1. The highest BCUT2D eigenvalue weighted by Gasteiger charge is 2.32. The van der Waals surface area contributed by atoms with Crippen LogP contribution in [0.15, 0.2) is 34.9 Å². The van der Waals surface area contributed by atoms with Crippen LogP contribution in [0.25, 0.3) is 0 Å². The molecule has 1 aliphatic rings. The van der Waals surface area contributed by atoms with Gasteiger partial charge >= 0.3 is 0 Å². The van der Waals surface area contributed by atoms with Crippen LogP contribution in [0.3, 0.4) is 0 Å². The molecule has 0 aromatic heterocycles. The molecule has 1 atom stereocenters. The van der Waals surface area contributed by atoms with Crippen molar-refractivity contribution in [2.75, 3.05) is 0 Å². The van der Waals surface area contributed by atoms with Gasteiger partial charge in [0.05, 0.1) is 10.3 Å². The predicted molar refractivity (Wildman–Crippen MR) is 78.0 cm³/mol. The van der Waals surface area contributed by atoms with E-state index >= 15 is 0 Å². The van der Waals surface area contributed by atoms with Crippen LogP contribution in [0.5, 0.6) is 0 Å². The normalized spacial score (nSPS) is 20.2. The van der Waals surface area contributed by atoms with E-state index in [4.69, 9.17) is 16.9 Å². The maximum atomic E-state index is 11.9. The molecule has 1 fully saturated rings. The van der Waals surface area contributed by atoms with Gasteiger partial charge in [-0.05, 0) is 25.0 Å². The molecule has 4 nitrogen and oxygen atoms in total. The van der Waals surface area contributed by atoms with Crippen LogP contribution in [0.1, 0.15) is 12.5 Å². The van der Waals surface area contributed by atoms with Crippen molar-refractivity contribution in [1.29, 1.82) is 5.26 Å². The minimum atomic E-state index is -0.382. The lowest BCUT2D eigenvalue weighted by Crippen LogP contribution is -2.24. The molecule has 2 rings (SSSR count). The quantitative estimate of drug-likeness (QED) is 0.688.